The van der Waals surface area contributed by atoms with Gasteiger partial charge < -0.3 is 10.1 Å². The first-order valence-corrected chi connectivity index (χ1v) is 11.8. The molecule has 0 bridgehead atoms. The third kappa shape index (κ3) is 5.04. The molecule has 7 heteroatoms. The van der Waals surface area contributed by atoms with Gasteiger partial charge in [0.25, 0.3) is 5.91 Å². The standard InChI is InChI=1S/C26H25N3O3S/c1-3-18-10-8-11-19(4-2)25(18)27-24(30)17-32-26(31)22-16-21(23-14-9-15-33-23)28-29(22)20-12-6-5-7-13-20/h5-16H,3-4,17H2,1-2H3,(H,27,30). The summed E-state index contributed by atoms with van der Waals surface area (Å²) in [6.07, 6.45) is 1.59. The Morgan fingerprint density at radius 3 is 2.33 bits per heavy atom. The van der Waals surface area contributed by atoms with Gasteiger partial charge in [-0.3, -0.25) is 4.79 Å². The van der Waals surface area contributed by atoms with Gasteiger partial charge in [-0.2, -0.15) is 5.10 Å². The number of benzene rings is 2. The van der Waals surface area contributed by atoms with E-state index in [4.69, 9.17) is 4.74 Å². The molecular formula is C26H25N3O3S. The topological polar surface area (TPSA) is 73.2 Å². The summed E-state index contributed by atoms with van der Waals surface area (Å²) in [4.78, 5) is 26.5. The molecule has 0 spiro atoms. The maximum Gasteiger partial charge on any atom is 0.357 e. The number of nitrogens with one attached hydrogen (secondary N) is 1. The minimum atomic E-state index is -0.608. The number of nitrogens with zero attached hydrogens (tertiary/aromatic N) is 2. The van der Waals surface area contributed by atoms with Crippen molar-refractivity contribution in [2.45, 2.75) is 26.7 Å². The van der Waals surface area contributed by atoms with Gasteiger partial charge in [0.05, 0.1) is 10.6 Å². The van der Waals surface area contributed by atoms with Crippen molar-refractivity contribution in [3.63, 3.8) is 0 Å². The average molecular weight is 460 g/mol. The van der Waals surface area contributed by atoms with E-state index in [1.807, 2.05) is 79.9 Å². The van der Waals surface area contributed by atoms with E-state index in [2.05, 4.69) is 10.4 Å². The molecule has 0 saturated carbocycles. The quantitative estimate of drug-likeness (QED) is 0.352. The largest absolute Gasteiger partial charge is 0.451 e. The minimum Gasteiger partial charge on any atom is -0.451 e. The molecule has 168 valence electrons. The molecule has 2 aromatic heterocycles. The van der Waals surface area contributed by atoms with Crippen molar-refractivity contribution in [3.05, 3.63) is 88.9 Å². The lowest BCUT2D eigenvalue weighted by Crippen LogP contribution is -2.23. The predicted molar refractivity (Wildman–Crippen MR) is 131 cm³/mol. The normalized spacial score (nSPS) is 10.7. The third-order valence-electron chi connectivity index (χ3n) is 5.29. The Hall–Kier alpha value is -3.71. The molecule has 6 nitrogen and oxygen atoms in total. The monoisotopic (exact) mass is 459 g/mol. The van der Waals surface area contributed by atoms with Gasteiger partial charge in [0.1, 0.15) is 5.69 Å². The molecule has 1 amide bonds. The Morgan fingerprint density at radius 1 is 0.970 bits per heavy atom. The Labute approximate surface area is 196 Å². The van der Waals surface area contributed by atoms with Crippen molar-refractivity contribution in [3.8, 4) is 16.3 Å². The van der Waals surface area contributed by atoms with E-state index in [0.29, 0.717) is 5.69 Å². The second-order valence-electron chi connectivity index (χ2n) is 7.42. The number of carbonyl (C=O) groups excluding carboxylic acids is 2. The fourth-order valence-corrected chi connectivity index (χ4v) is 4.30. The Balaban J connectivity index is 1.53. The number of aryl methyl sites for hydroxylation is 2. The molecule has 0 fully saturated rings. The number of thiophene rings is 1. The number of ether oxygens (including phenoxy) is 1. The van der Waals surface area contributed by atoms with Crippen LogP contribution in [0.1, 0.15) is 35.5 Å². The number of anilines is 1. The van der Waals surface area contributed by atoms with E-state index < -0.39 is 5.97 Å². The summed E-state index contributed by atoms with van der Waals surface area (Å²) in [6, 6.07) is 20.9. The summed E-state index contributed by atoms with van der Waals surface area (Å²) >= 11 is 1.54. The van der Waals surface area contributed by atoms with Crippen LogP contribution in [0.15, 0.2) is 72.1 Å². The molecule has 1 N–H and O–H groups in total. The number of carbonyl (C=O) groups is 2. The lowest BCUT2D eigenvalue weighted by molar-refractivity contribution is -0.119. The minimum absolute atomic E-state index is 0.264. The van der Waals surface area contributed by atoms with Gasteiger partial charge in [0.2, 0.25) is 0 Å². The van der Waals surface area contributed by atoms with Crippen LogP contribution in [-0.4, -0.2) is 28.3 Å². The van der Waals surface area contributed by atoms with E-state index in [1.54, 1.807) is 10.7 Å². The van der Waals surface area contributed by atoms with Crippen molar-refractivity contribution in [2.24, 2.45) is 0 Å². The number of rotatable bonds is 8. The van der Waals surface area contributed by atoms with Crippen LogP contribution in [0.5, 0.6) is 0 Å². The highest BCUT2D eigenvalue weighted by Crippen LogP contribution is 2.26. The second-order valence-corrected chi connectivity index (χ2v) is 8.37. The van der Waals surface area contributed by atoms with Crippen LogP contribution < -0.4 is 5.32 Å². The maximum absolute atomic E-state index is 13.0. The Morgan fingerprint density at radius 2 is 1.70 bits per heavy atom. The van der Waals surface area contributed by atoms with Crippen LogP contribution in [0, 0.1) is 0 Å². The smallest absolute Gasteiger partial charge is 0.357 e. The van der Waals surface area contributed by atoms with E-state index in [0.717, 1.165) is 40.2 Å². The molecule has 0 aliphatic rings. The molecule has 0 unspecified atom stereocenters. The van der Waals surface area contributed by atoms with E-state index in [-0.39, 0.29) is 18.2 Å². The van der Waals surface area contributed by atoms with Crippen molar-refractivity contribution in [1.82, 2.24) is 9.78 Å². The van der Waals surface area contributed by atoms with Gasteiger partial charge in [-0.1, -0.05) is 56.3 Å². The summed E-state index contributed by atoms with van der Waals surface area (Å²) < 4.78 is 6.95. The molecule has 0 saturated heterocycles. The zero-order valence-electron chi connectivity index (χ0n) is 18.6. The van der Waals surface area contributed by atoms with Crippen LogP contribution >= 0.6 is 11.3 Å². The van der Waals surface area contributed by atoms with E-state index in [1.165, 1.54) is 11.3 Å². The summed E-state index contributed by atoms with van der Waals surface area (Å²) in [7, 11) is 0. The maximum atomic E-state index is 13.0. The van der Waals surface area contributed by atoms with Crippen LogP contribution in [0.2, 0.25) is 0 Å². The fraction of sp³-hybridized carbons (Fsp3) is 0.192. The van der Waals surface area contributed by atoms with E-state index in [9.17, 15) is 9.59 Å². The van der Waals surface area contributed by atoms with Crippen LogP contribution in [0.4, 0.5) is 5.69 Å². The summed E-state index contributed by atoms with van der Waals surface area (Å²) in [5.41, 5.74) is 4.59. The van der Waals surface area contributed by atoms with Gasteiger partial charge in [-0.25, -0.2) is 9.48 Å². The first kappa shape index (κ1) is 22.5. The molecule has 2 aromatic carbocycles. The third-order valence-corrected chi connectivity index (χ3v) is 6.18. The number of aromatic nitrogens is 2. The molecule has 4 rings (SSSR count). The molecular weight excluding hydrogens is 434 g/mol. The summed E-state index contributed by atoms with van der Waals surface area (Å²) in [6.45, 7) is 3.70. The Bertz CT molecular complexity index is 1230. The molecule has 0 radical (unpaired) electrons. The Kier molecular flexibility index (Phi) is 7.00. The van der Waals surface area contributed by atoms with Crippen LogP contribution in [-0.2, 0) is 22.4 Å². The number of amides is 1. The average Bonchev–Trinajstić information content (AvgIpc) is 3.53. The lowest BCUT2D eigenvalue weighted by atomic mass is 10.0. The zero-order valence-corrected chi connectivity index (χ0v) is 19.4. The van der Waals surface area contributed by atoms with Gasteiger partial charge in [0, 0.05) is 11.8 Å². The lowest BCUT2D eigenvalue weighted by Gasteiger charge is -2.14. The van der Waals surface area contributed by atoms with Crippen molar-refractivity contribution in [2.75, 3.05) is 11.9 Å². The van der Waals surface area contributed by atoms with Crippen molar-refractivity contribution in [1.29, 1.82) is 0 Å². The summed E-state index contributed by atoms with van der Waals surface area (Å²) in [5, 5.41) is 9.49. The molecule has 0 aliphatic heterocycles. The van der Waals surface area contributed by atoms with Crippen LogP contribution in [0.3, 0.4) is 0 Å². The number of para-hydroxylation sites is 2. The van der Waals surface area contributed by atoms with Gasteiger partial charge in [-0.05, 0) is 47.5 Å². The first-order chi connectivity index (χ1) is 16.1. The summed E-state index contributed by atoms with van der Waals surface area (Å²) in [5.74, 6) is -0.980. The number of hydrogen-bond donors (Lipinski definition) is 1. The molecule has 33 heavy (non-hydrogen) atoms. The molecule has 2 heterocycles. The molecule has 0 aliphatic carbocycles. The highest BCUT2D eigenvalue weighted by atomic mass is 32.1. The highest BCUT2D eigenvalue weighted by molar-refractivity contribution is 7.13. The van der Waals surface area contributed by atoms with Gasteiger partial charge in [0.15, 0.2) is 12.3 Å². The van der Waals surface area contributed by atoms with Crippen molar-refractivity contribution >= 4 is 28.9 Å². The number of esters is 1. The van der Waals surface area contributed by atoms with Gasteiger partial charge >= 0.3 is 5.97 Å². The predicted octanol–water partition coefficient (Wildman–Crippen LogP) is 5.52. The highest BCUT2D eigenvalue weighted by Gasteiger charge is 2.21. The second kappa shape index (κ2) is 10.3. The SMILES string of the molecule is CCc1cccc(CC)c1NC(=O)COC(=O)c1cc(-c2cccs2)nn1-c1ccccc1. The molecule has 4 aromatic rings. The van der Waals surface area contributed by atoms with E-state index >= 15 is 0 Å². The van der Waals surface area contributed by atoms with Crippen LogP contribution in [0.25, 0.3) is 16.3 Å². The molecule has 0 atom stereocenters. The zero-order chi connectivity index (χ0) is 23.2. The fourth-order valence-electron chi connectivity index (χ4n) is 3.62. The van der Waals surface area contributed by atoms with Crippen molar-refractivity contribution < 1.29 is 14.3 Å². The van der Waals surface area contributed by atoms with Gasteiger partial charge in [-0.15, -0.1) is 11.3 Å². The first-order valence-electron chi connectivity index (χ1n) is 10.9. The number of hydrogen-bond acceptors (Lipinski definition) is 5.